The molecule has 0 bridgehead atoms. The van der Waals surface area contributed by atoms with Crippen LogP contribution in [0.25, 0.3) is 0 Å². The molecule has 3 nitrogen and oxygen atoms in total. The lowest BCUT2D eigenvalue weighted by molar-refractivity contribution is 0.409. The summed E-state index contributed by atoms with van der Waals surface area (Å²) in [6, 6.07) is 8.27. The van der Waals surface area contributed by atoms with Crippen molar-refractivity contribution in [1.82, 2.24) is 4.98 Å². The maximum Gasteiger partial charge on any atom is 0.128 e. The summed E-state index contributed by atoms with van der Waals surface area (Å²) in [7, 11) is 3.75. The number of ether oxygens (including phenoxy) is 1. The Labute approximate surface area is 128 Å². The van der Waals surface area contributed by atoms with E-state index in [1.54, 1.807) is 7.11 Å². The van der Waals surface area contributed by atoms with Crippen molar-refractivity contribution in [1.29, 1.82) is 0 Å². The quantitative estimate of drug-likeness (QED) is 0.841. The fourth-order valence-corrected chi connectivity index (χ4v) is 2.33. The number of hydrogen-bond acceptors (Lipinski definition) is 3. The van der Waals surface area contributed by atoms with Gasteiger partial charge in [-0.25, -0.2) is 4.98 Å². The number of nitrogens with zero attached hydrogens (tertiary/aromatic N) is 2. The predicted molar refractivity (Wildman–Crippen MR) is 86.5 cm³/mol. The highest BCUT2D eigenvalue weighted by Gasteiger charge is 2.10. The number of rotatable bonds is 4. The van der Waals surface area contributed by atoms with Crippen LogP contribution in [0.4, 0.5) is 5.82 Å². The first-order valence-electron chi connectivity index (χ1n) is 6.48. The minimum atomic E-state index is 0.763. The maximum atomic E-state index is 5.48. The second-order valence-corrected chi connectivity index (χ2v) is 5.85. The van der Waals surface area contributed by atoms with Crippen molar-refractivity contribution >= 4 is 21.7 Å². The Morgan fingerprint density at radius 3 is 2.50 bits per heavy atom. The van der Waals surface area contributed by atoms with E-state index in [0.29, 0.717) is 0 Å². The Morgan fingerprint density at radius 1 is 1.20 bits per heavy atom. The Balaban J connectivity index is 2.25. The summed E-state index contributed by atoms with van der Waals surface area (Å²) in [6.45, 7) is 4.98. The van der Waals surface area contributed by atoms with Crippen molar-refractivity contribution < 1.29 is 4.74 Å². The summed E-state index contributed by atoms with van der Waals surface area (Å²) >= 11 is 3.40. The molecule has 0 aliphatic carbocycles. The van der Waals surface area contributed by atoms with E-state index >= 15 is 0 Å². The van der Waals surface area contributed by atoms with Crippen LogP contribution in [0.5, 0.6) is 5.75 Å². The average molecular weight is 335 g/mol. The third-order valence-corrected chi connectivity index (χ3v) is 3.88. The zero-order valence-corrected chi connectivity index (χ0v) is 13.9. The third-order valence-electron chi connectivity index (χ3n) is 3.41. The minimum Gasteiger partial charge on any atom is -0.496 e. The summed E-state index contributed by atoms with van der Waals surface area (Å²) < 4.78 is 6.47. The molecule has 0 atom stereocenters. The predicted octanol–water partition coefficient (Wildman–Crippen LogP) is 4.11. The molecule has 2 rings (SSSR count). The van der Waals surface area contributed by atoms with Gasteiger partial charge in [-0.15, -0.1) is 0 Å². The zero-order chi connectivity index (χ0) is 14.7. The van der Waals surface area contributed by atoms with E-state index in [1.807, 2.05) is 25.4 Å². The maximum absolute atomic E-state index is 5.48. The molecular formula is C16H19BrN2O. The number of anilines is 1. The Morgan fingerprint density at radius 2 is 1.90 bits per heavy atom. The van der Waals surface area contributed by atoms with E-state index in [9.17, 15) is 0 Å². The van der Waals surface area contributed by atoms with Crippen molar-refractivity contribution in [3.63, 3.8) is 0 Å². The van der Waals surface area contributed by atoms with Crippen LogP contribution in [-0.4, -0.2) is 19.1 Å². The lowest BCUT2D eigenvalue weighted by Crippen LogP contribution is -2.18. The molecule has 0 unspecified atom stereocenters. The molecule has 0 saturated carbocycles. The van der Waals surface area contributed by atoms with E-state index < -0.39 is 0 Å². The van der Waals surface area contributed by atoms with Gasteiger partial charge in [-0.05, 0) is 59.1 Å². The van der Waals surface area contributed by atoms with Gasteiger partial charge in [0.2, 0.25) is 0 Å². The van der Waals surface area contributed by atoms with Gasteiger partial charge >= 0.3 is 0 Å². The minimum absolute atomic E-state index is 0.763. The monoisotopic (exact) mass is 334 g/mol. The zero-order valence-electron chi connectivity index (χ0n) is 12.3. The molecule has 1 heterocycles. The van der Waals surface area contributed by atoms with Crippen LogP contribution in [0, 0.1) is 13.8 Å². The van der Waals surface area contributed by atoms with Crippen molar-refractivity contribution in [2.45, 2.75) is 20.4 Å². The molecule has 0 spiro atoms. The number of aryl methyl sites for hydroxylation is 2. The van der Waals surface area contributed by atoms with Gasteiger partial charge in [-0.2, -0.15) is 0 Å². The molecule has 0 amide bonds. The highest BCUT2D eigenvalue weighted by Crippen LogP contribution is 2.25. The van der Waals surface area contributed by atoms with Crippen molar-refractivity contribution in [2.75, 3.05) is 19.1 Å². The standard InChI is InChI=1S/C16H19BrN2O/c1-11-7-13(15(20-4)8-12(11)2)10-19(3)16-6-5-14(17)9-18-16/h5-9H,10H2,1-4H3. The van der Waals surface area contributed by atoms with Gasteiger partial charge in [0.05, 0.1) is 7.11 Å². The molecule has 2 aromatic rings. The van der Waals surface area contributed by atoms with Gasteiger partial charge in [0.15, 0.2) is 0 Å². The Hall–Kier alpha value is -1.55. The van der Waals surface area contributed by atoms with Gasteiger partial charge in [0.1, 0.15) is 11.6 Å². The molecule has 0 saturated heterocycles. The molecule has 0 aliphatic rings. The average Bonchev–Trinajstić information content (AvgIpc) is 2.43. The van der Waals surface area contributed by atoms with Crippen LogP contribution in [0.3, 0.4) is 0 Å². The van der Waals surface area contributed by atoms with Crippen LogP contribution in [0.1, 0.15) is 16.7 Å². The highest BCUT2D eigenvalue weighted by molar-refractivity contribution is 9.10. The molecule has 4 heteroatoms. The molecule has 0 aliphatic heterocycles. The third kappa shape index (κ3) is 3.31. The first-order chi connectivity index (χ1) is 9.51. The summed E-state index contributed by atoms with van der Waals surface area (Å²) in [6.07, 6.45) is 1.81. The van der Waals surface area contributed by atoms with Gasteiger partial charge in [0.25, 0.3) is 0 Å². The van der Waals surface area contributed by atoms with Gasteiger partial charge in [-0.1, -0.05) is 6.07 Å². The lowest BCUT2D eigenvalue weighted by Gasteiger charge is -2.20. The van der Waals surface area contributed by atoms with Crippen LogP contribution >= 0.6 is 15.9 Å². The fourth-order valence-electron chi connectivity index (χ4n) is 2.09. The number of hydrogen-bond donors (Lipinski definition) is 0. The van der Waals surface area contributed by atoms with Crippen molar-refractivity contribution in [3.8, 4) is 5.75 Å². The summed E-state index contributed by atoms with van der Waals surface area (Å²) in [5, 5.41) is 0. The first-order valence-corrected chi connectivity index (χ1v) is 7.27. The summed E-state index contributed by atoms with van der Waals surface area (Å²) in [5.74, 6) is 1.87. The molecule has 0 radical (unpaired) electrons. The van der Waals surface area contributed by atoms with E-state index in [-0.39, 0.29) is 0 Å². The second-order valence-electron chi connectivity index (χ2n) is 4.94. The molecule has 1 aromatic carbocycles. The second kappa shape index (κ2) is 6.27. The van der Waals surface area contributed by atoms with Gasteiger partial charge in [-0.3, -0.25) is 0 Å². The summed E-state index contributed by atoms with van der Waals surface area (Å²) in [5.41, 5.74) is 3.69. The van der Waals surface area contributed by atoms with Gasteiger partial charge in [0, 0.05) is 29.8 Å². The van der Waals surface area contributed by atoms with Crippen LogP contribution in [0.15, 0.2) is 34.9 Å². The van der Waals surface area contributed by atoms with Gasteiger partial charge < -0.3 is 9.64 Å². The number of benzene rings is 1. The van der Waals surface area contributed by atoms with Crippen LogP contribution in [0.2, 0.25) is 0 Å². The molecule has 20 heavy (non-hydrogen) atoms. The normalized spacial score (nSPS) is 10.4. The van der Waals surface area contributed by atoms with Crippen LogP contribution in [-0.2, 0) is 6.54 Å². The van der Waals surface area contributed by atoms with Crippen molar-refractivity contribution in [2.24, 2.45) is 0 Å². The summed E-state index contributed by atoms with van der Waals surface area (Å²) in [4.78, 5) is 6.52. The first kappa shape index (κ1) is 14.9. The fraction of sp³-hybridized carbons (Fsp3) is 0.312. The lowest BCUT2D eigenvalue weighted by atomic mass is 10.0. The Kier molecular flexibility index (Phi) is 4.65. The number of halogens is 1. The SMILES string of the molecule is COc1cc(C)c(C)cc1CN(C)c1ccc(Br)cn1. The van der Waals surface area contributed by atoms with E-state index in [0.717, 1.165) is 22.6 Å². The van der Waals surface area contributed by atoms with Crippen molar-refractivity contribution in [3.05, 3.63) is 51.6 Å². The number of methoxy groups -OCH3 is 1. The van der Waals surface area contributed by atoms with Crippen LogP contribution < -0.4 is 9.64 Å². The van der Waals surface area contributed by atoms with E-state index in [4.69, 9.17) is 4.74 Å². The molecule has 0 fully saturated rings. The molecule has 106 valence electrons. The molecule has 0 N–H and O–H groups in total. The number of aromatic nitrogens is 1. The topological polar surface area (TPSA) is 25.4 Å². The number of pyridine rings is 1. The van der Waals surface area contributed by atoms with E-state index in [2.05, 4.69) is 51.8 Å². The largest absolute Gasteiger partial charge is 0.496 e. The smallest absolute Gasteiger partial charge is 0.128 e. The Bertz CT molecular complexity index is 596. The van der Waals surface area contributed by atoms with E-state index in [1.165, 1.54) is 16.7 Å². The molecule has 1 aromatic heterocycles. The molecular weight excluding hydrogens is 316 g/mol. The highest BCUT2D eigenvalue weighted by atomic mass is 79.9.